The molecule has 0 spiro atoms. The van der Waals surface area contributed by atoms with E-state index in [-0.39, 0.29) is 0 Å². The van der Waals surface area contributed by atoms with Gasteiger partial charge in [0.2, 0.25) is 0 Å². The Morgan fingerprint density at radius 3 is 1.20 bits per heavy atom. The van der Waals surface area contributed by atoms with Crippen LogP contribution in [0.2, 0.25) is 0 Å². The predicted octanol–water partition coefficient (Wildman–Crippen LogP) is 5.82. The van der Waals surface area contributed by atoms with Gasteiger partial charge >= 0.3 is 35.8 Å². The highest BCUT2D eigenvalue weighted by atomic mass is 35.5. The van der Waals surface area contributed by atoms with Gasteiger partial charge in [0.05, 0.1) is 0 Å². The van der Waals surface area contributed by atoms with Crippen LogP contribution in [-0.2, 0) is 4.74 Å². The maximum absolute atomic E-state index is 13.6. The highest BCUT2D eigenvalue weighted by molar-refractivity contribution is 6.48. The monoisotopic (exact) mass is 464 g/mol. The van der Waals surface area contributed by atoms with Gasteiger partial charge in [-0.3, -0.25) is 0 Å². The number of halogens is 16. The minimum Gasteiger partial charge on any atom is -0.307 e. The third-order valence-electron chi connectivity index (χ3n) is 2.98. The third-order valence-corrected chi connectivity index (χ3v) is 4.16. The topological polar surface area (TPSA) is 9.23 Å². The minimum atomic E-state index is -7.78. The van der Waals surface area contributed by atoms with E-state index in [1.54, 1.807) is 0 Å². The van der Waals surface area contributed by atoms with Crippen molar-refractivity contribution in [2.24, 2.45) is 0 Å². The molecule has 0 bridgehead atoms. The Bertz CT molecular complexity index is 556. The van der Waals surface area contributed by atoms with Gasteiger partial charge in [0.25, 0.3) is 9.58 Å². The summed E-state index contributed by atoms with van der Waals surface area (Å²) in [7, 11) is 0. The molecule has 1 atom stereocenters. The van der Waals surface area contributed by atoms with Gasteiger partial charge < -0.3 is 4.74 Å². The summed E-state index contributed by atoms with van der Waals surface area (Å²) in [5.41, 5.74) is 0. The van der Waals surface area contributed by atoms with Crippen molar-refractivity contribution in [2.75, 3.05) is 0 Å². The van der Waals surface area contributed by atoms with Crippen LogP contribution in [-0.4, -0.2) is 45.4 Å². The fraction of sp³-hybridized carbons (Fsp3) is 1.00. The van der Waals surface area contributed by atoms with Crippen molar-refractivity contribution in [1.82, 2.24) is 0 Å². The molecule has 1 rings (SSSR count). The molecule has 0 aromatic carbocycles. The lowest BCUT2D eigenvalue weighted by molar-refractivity contribution is -0.419. The van der Waals surface area contributed by atoms with Gasteiger partial charge in [-0.05, 0) is 0 Å². The average molecular weight is 465 g/mol. The zero-order valence-corrected chi connectivity index (χ0v) is 12.7. The van der Waals surface area contributed by atoms with Gasteiger partial charge in [-0.1, -0.05) is 34.8 Å². The van der Waals surface area contributed by atoms with Gasteiger partial charge in [0, 0.05) is 0 Å². The Kier molecular flexibility index (Phi) is 4.82. The van der Waals surface area contributed by atoms with E-state index in [4.69, 9.17) is 0 Å². The first-order valence-electron chi connectivity index (χ1n) is 5.18. The lowest BCUT2D eigenvalue weighted by Gasteiger charge is -2.41. The molecule has 0 N–H and O–H groups in total. The highest BCUT2D eigenvalue weighted by Gasteiger charge is 2.97. The van der Waals surface area contributed by atoms with Gasteiger partial charge in [0.1, 0.15) is 0 Å². The van der Waals surface area contributed by atoms with Crippen molar-refractivity contribution in [3.8, 4) is 0 Å². The molecule has 0 radical (unpaired) electrons. The normalized spacial score (nSPS) is 29.8. The quantitative estimate of drug-likeness (QED) is 0.377. The summed E-state index contributed by atoms with van der Waals surface area (Å²) < 4.78 is 166. The van der Waals surface area contributed by atoms with E-state index >= 15 is 0 Å². The molecule has 1 aliphatic heterocycles. The zero-order chi connectivity index (χ0) is 20.7. The van der Waals surface area contributed by atoms with Crippen molar-refractivity contribution in [1.29, 1.82) is 0 Å². The summed E-state index contributed by atoms with van der Waals surface area (Å²) in [4.78, 5) is 0. The first-order valence-corrected chi connectivity index (χ1v) is 6.32. The van der Waals surface area contributed by atoms with E-state index in [1.807, 2.05) is 0 Å². The molecule has 0 aromatic heterocycles. The van der Waals surface area contributed by atoms with Crippen molar-refractivity contribution in [3.63, 3.8) is 0 Å². The number of ether oxygens (including phenoxy) is 1. The number of hydrogen-bond acceptors (Lipinski definition) is 1. The van der Waals surface area contributed by atoms with Gasteiger partial charge in [-0.15, -0.1) is 0 Å². The molecular formula is C8Cl3F13O. The number of alkyl halides is 16. The summed E-state index contributed by atoms with van der Waals surface area (Å²) in [6.07, 6.45) is -7.41. The van der Waals surface area contributed by atoms with Crippen LogP contribution in [0, 0.1) is 0 Å². The molecule has 0 unspecified atom stereocenters. The van der Waals surface area contributed by atoms with Crippen LogP contribution in [0.25, 0.3) is 0 Å². The smallest absolute Gasteiger partial charge is 0.307 e. The van der Waals surface area contributed by atoms with Crippen molar-refractivity contribution < 1.29 is 61.8 Å². The highest BCUT2D eigenvalue weighted by Crippen LogP contribution is 2.70. The zero-order valence-electron chi connectivity index (χ0n) is 10.5. The molecule has 0 amide bonds. The van der Waals surface area contributed by atoms with Crippen LogP contribution in [0.1, 0.15) is 0 Å². The SMILES string of the molecule is FC(F)(F)C(F)(F)C(F)(F)C(F)(F)[C@]1(Cl)OC(Cl)(Cl)C(F)(F)C1(F)F. The fourth-order valence-corrected chi connectivity index (χ4v) is 2.43. The van der Waals surface area contributed by atoms with E-state index in [0.29, 0.717) is 0 Å². The Morgan fingerprint density at radius 2 is 0.960 bits per heavy atom. The molecule has 150 valence electrons. The first-order chi connectivity index (χ1) is 10.5. The van der Waals surface area contributed by atoms with Gasteiger partial charge in [-0.2, -0.15) is 57.1 Å². The lowest BCUT2D eigenvalue weighted by Crippen LogP contribution is -2.71. The molecule has 25 heavy (non-hydrogen) atoms. The maximum atomic E-state index is 13.6. The molecule has 0 aliphatic carbocycles. The van der Waals surface area contributed by atoms with Crippen molar-refractivity contribution in [2.45, 2.75) is 45.4 Å². The van der Waals surface area contributed by atoms with E-state index in [1.165, 1.54) is 0 Å². The van der Waals surface area contributed by atoms with Crippen LogP contribution < -0.4 is 0 Å². The second kappa shape index (κ2) is 5.25. The van der Waals surface area contributed by atoms with E-state index < -0.39 is 45.4 Å². The van der Waals surface area contributed by atoms with Gasteiger partial charge in [-0.25, -0.2) is 0 Å². The van der Waals surface area contributed by atoms with Crippen LogP contribution >= 0.6 is 34.8 Å². The number of hydrogen-bond donors (Lipinski definition) is 0. The fourth-order valence-electron chi connectivity index (χ4n) is 1.53. The summed E-state index contributed by atoms with van der Waals surface area (Å²) in [5.74, 6) is -35.9. The Balaban J connectivity index is 3.68. The van der Waals surface area contributed by atoms with Crippen LogP contribution in [0.15, 0.2) is 0 Å². The largest absolute Gasteiger partial charge is 0.460 e. The molecule has 1 nitrogen and oxygen atoms in total. The first kappa shape index (κ1) is 23.0. The minimum absolute atomic E-state index is 2.89. The average Bonchev–Trinajstić information content (AvgIpc) is 2.43. The van der Waals surface area contributed by atoms with Crippen molar-refractivity contribution >= 4 is 34.8 Å². The summed E-state index contributed by atoms with van der Waals surface area (Å²) >= 11 is 13.1. The molecular weight excluding hydrogens is 465 g/mol. The van der Waals surface area contributed by atoms with E-state index in [2.05, 4.69) is 39.5 Å². The summed E-state index contributed by atoms with van der Waals surface area (Å²) in [6.45, 7) is 0. The Morgan fingerprint density at radius 1 is 0.600 bits per heavy atom. The summed E-state index contributed by atoms with van der Waals surface area (Å²) in [5, 5.41) is -6.18. The van der Waals surface area contributed by atoms with Crippen LogP contribution in [0.3, 0.4) is 0 Å². The molecule has 0 aromatic rings. The predicted molar refractivity (Wildman–Crippen MR) is 54.9 cm³/mol. The molecule has 0 saturated carbocycles. The molecule has 1 fully saturated rings. The lowest BCUT2D eigenvalue weighted by atomic mass is 9.93. The Hall–Kier alpha value is -0.0800. The van der Waals surface area contributed by atoms with Crippen LogP contribution in [0.4, 0.5) is 57.1 Å². The molecule has 1 saturated heterocycles. The van der Waals surface area contributed by atoms with E-state index in [9.17, 15) is 57.1 Å². The third kappa shape index (κ3) is 2.42. The molecule has 17 heteroatoms. The molecule has 1 heterocycles. The van der Waals surface area contributed by atoms with Crippen LogP contribution in [0.5, 0.6) is 0 Å². The van der Waals surface area contributed by atoms with Gasteiger partial charge in [0.15, 0.2) is 0 Å². The molecule has 1 aliphatic rings. The van der Waals surface area contributed by atoms with E-state index in [0.717, 1.165) is 0 Å². The maximum Gasteiger partial charge on any atom is 0.460 e. The second-order valence-corrected chi connectivity index (χ2v) is 6.37. The second-order valence-electron chi connectivity index (χ2n) is 4.58. The summed E-state index contributed by atoms with van der Waals surface area (Å²) in [6, 6.07) is 0. The number of rotatable bonds is 3. The Labute approximate surface area is 142 Å². The van der Waals surface area contributed by atoms with Crippen molar-refractivity contribution in [3.05, 3.63) is 0 Å². The standard InChI is InChI=1S/C8Cl3F13O/c9-1(3(14,15)5(18,19)7(10,11)25-1)2(12,13)4(16,17)6(20,21)8(22,23)24/t1-/m0/s1.